The number of aromatic nitrogens is 2. The van der Waals surface area contributed by atoms with Crippen LogP contribution in [0.2, 0.25) is 0 Å². The van der Waals surface area contributed by atoms with Gasteiger partial charge in [-0.05, 0) is 45.2 Å². The summed E-state index contributed by atoms with van der Waals surface area (Å²) in [5, 5.41) is 7.04. The molecule has 1 aliphatic carbocycles. The predicted octanol–water partition coefficient (Wildman–Crippen LogP) is 3.33. The Morgan fingerprint density at radius 1 is 1.25 bits per heavy atom. The fraction of sp³-hybridized carbons (Fsp3) is 0.619. The molecule has 1 saturated heterocycles. The highest BCUT2D eigenvalue weighted by Crippen LogP contribution is 2.26. The van der Waals surface area contributed by atoms with Gasteiger partial charge in [-0.15, -0.1) is 24.0 Å². The van der Waals surface area contributed by atoms with Gasteiger partial charge in [-0.1, -0.05) is 18.9 Å². The van der Waals surface area contributed by atoms with Crippen LogP contribution in [0.5, 0.6) is 0 Å². The number of aryl methyl sites for hydroxylation is 1. The summed E-state index contributed by atoms with van der Waals surface area (Å²) in [6.45, 7) is 8.04. The number of fused-ring (bicyclic) bond motifs is 1. The number of halogens is 1. The second kappa shape index (κ2) is 9.91. The molecule has 0 spiro atoms. The summed E-state index contributed by atoms with van der Waals surface area (Å²) in [6, 6.07) is 7.50. The van der Waals surface area contributed by atoms with Crippen LogP contribution >= 0.6 is 24.0 Å². The average molecular weight is 496 g/mol. The van der Waals surface area contributed by atoms with Crippen molar-refractivity contribution in [1.82, 2.24) is 24.9 Å². The zero-order chi connectivity index (χ0) is 18.6. The molecule has 0 bridgehead atoms. The first-order chi connectivity index (χ1) is 13.2. The molecule has 0 radical (unpaired) electrons. The molecule has 28 heavy (non-hydrogen) atoms. The number of aliphatic imine (C=N–C) groups is 1. The van der Waals surface area contributed by atoms with Crippen LogP contribution < -0.4 is 10.6 Å². The lowest BCUT2D eigenvalue weighted by molar-refractivity contribution is 0.242. The van der Waals surface area contributed by atoms with Crippen molar-refractivity contribution in [2.24, 2.45) is 4.99 Å². The Balaban J connectivity index is 0.00000225. The van der Waals surface area contributed by atoms with Crippen molar-refractivity contribution in [3.05, 3.63) is 35.8 Å². The summed E-state index contributed by atoms with van der Waals surface area (Å²) < 4.78 is 2.13. The lowest BCUT2D eigenvalue weighted by Gasteiger charge is -2.24. The number of rotatable bonds is 5. The van der Waals surface area contributed by atoms with Crippen molar-refractivity contribution in [3.8, 4) is 0 Å². The van der Waals surface area contributed by atoms with Gasteiger partial charge in [0.15, 0.2) is 5.96 Å². The van der Waals surface area contributed by atoms with Crippen molar-refractivity contribution in [2.45, 2.75) is 64.6 Å². The van der Waals surface area contributed by atoms with E-state index in [1.165, 1.54) is 44.3 Å². The maximum Gasteiger partial charge on any atom is 0.191 e. The van der Waals surface area contributed by atoms with E-state index >= 15 is 0 Å². The van der Waals surface area contributed by atoms with Gasteiger partial charge in [-0.2, -0.15) is 0 Å². The maximum absolute atomic E-state index is 4.79. The van der Waals surface area contributed by atoms with E-state index in [1.54, 1.807) is 0 Å². The van der Waals surface area contributed by atoms with E-state index in [1.807, 2.05) is 12.1 Å². The molecule has 2 fully saturated rings. The summed E-state index contributed by atoms with van der Waals surface area (Å²) in [5.74, 6) is 0.907. The van der Waals surface area contributed by atoms with Crippen LogP contribution in [-0.4, -0.2) is 52.0 Å². The van der Waals surface area contributed by atoms with Crippen LogP contribution in [0.1, 0.15) is 50.4 Å². The Labute approximate surface area is 185 Å². The quantitative estimate of drug-likeness (QED) is 0.379. The molecule has 7 heteroatoms. The third-order valence-electron chi connectivity index (χ3n) is 5.89. The minimum Gasteiger partial charge on any atom is -0.357 e. The van der Waals surface area contributed by atoms with Gasteiger partial charge < -0.3 is 15.0 Å². The van der Waals surface area contributed by atoms with Gasteiger partial charge >= 0.3 is 0 Å². The Hall–Kier alpha value is -1.35. The highest BCUT2D eigenvalue weighted by atomic mass is 127. The van der Waals surface area contributed by atoms with E-state index in [2.05, 4.69) is 46.0 Å². The molecular formula is C21H33IN6. The second-order valence-corrected chi connectivity index (χ2v) is 7.89. The monoisotopic (exact) mass is 496 g/mol. The van der Waals surface area contributed by atoms with Crippen LogP contribution in [0.15, 0.2) is 29.4 Å². The van der Waals surface area contributed by atoms with Crippen molar-refractivity contribution in [1.29, 1.82) is 0 Å². The molecule has 0 aromatic carbocycles. The maximum atomic E-state index is 4.79. The molecule has 1 aliphatic heterocycles. The molecular weight excluding hydrogens is 463 g/mol. The smallest absolute Gasteiger partial charge is 0.191 e. The van der Waals surface area contributed by atoms with E-state index < -0.39 is 0 Å². The van der Waals surface area contributed by atoms with Crippen molar-refractivity contribution < 1.29 is 0 Å². The Kier molecular flexibility index (Phi) is 7.56. The normalized spacial score (nSPS) is 21.2. The number of hydrogen-bond acceptors (Lipinski definition) is 3. The van der Waals surface area contributed by atoms with Crippen LogP contribution in [0.3, 0.4) is 0 Å². The van der Waals surface area contributed by atoms with E-state index in [0.29, 0.717) is 12.6 Å². The van der Waals surface area contributed by atoms with Crippen molar-refractivity contribution in [3.63, 3.8) is 0 Å². The number of guanidine groups is 1. The summed E-state index contributed by atoms with van der Waals surface area (Å²) in [6.07, 6.45) is 8.87. The number of likely N-dealkylation sites (tertiary alicyclic amines) is 1. The van der Waals surface area contributed by atoms with Gasteiger partial charge in [0.2, 0.25) is 0 Å². The fourth-order valence-electron chi connectivity index (χ4n) is 4.45. The van der Waals surface area contributed by atoms with Gasteiger partial charge in [0.1, 0.15) is 5.65 Å². The summed E-state index contributed by atoms with van der Waals surface area (Å²) >= 11 is 0. The molecule has 2 aromatic rings. The average Bonchev–Trinajstić information content (AvgIpc) is 3.40. The Morgan fingerprint density at radius 3 is 2.82 bits per heavy atom. The molecule has 1 unspecified atom stereocenters. The third-order valence-corrected chi connectivity index (χ3v) is 5.89. The van der Waals surface area contributed by atoms with E-state index in [4.69, 9.17) is 9.98 Å². The lowest BCUT2D eigenvalue weighted by Crippen LogP contribution is -2.45. The van der Waals surface area contributed by atoms with E-state index in [9.17, 15) is 0 Å². The summed E-state index contributed by atoms with van der Waals surface area (Å²) in [5.41, 5.74) is 3.18. The fourth-order valence-corrected chi connectivity index (χ4v) is 4.45. The number of imidazole rings is 1. The predicted molar refractivity (Wildman–Crippen MR) is 126 cm³/mol. The van der Waals surface area contributed by atoms with Crippen LogP contribution in [-0.2, 0) is 6.54 Å². The van der Waals surface area contributed by atoms with E-state index in [-0.39, 0.29) is 24.0 Å². The number of nitrogens with one attached hydrogen (secondary N) is 2. The molecule has 0 amide bonds. The van der Waals surface area contributed by atoms with Gasteiger partial charge in [-0.25, -0.2) is 9.98 Å². The van der Waals surface area contributed by atoms with Gasteiger partial charge in [0.25, 0.3) is 0 Å². The zero-order valence-corrected chi connectivity index (χ0v) is 19.4. The largest absolute Gasteiger partial charge is 0.357 e. The molecule has 1 atom stereocenters. The third kappa shape index (κ3) is 4.97. The highest BCUT2D eigenvalue weighted by molar-refractivity contribution is 14.0. The van der Waals surface area contributed by atoms with Crippen LogP contribution in [0.4, 0.5) is 0 Å². The Bertz CT molecular complexity index is 795. The van der Waals surface area contributed by atoms with Crippen LogP contribution in [0.25, 0.3) is 5.65 Å². The molecule has 2 aromatic heterocycles. The topological polar surface area (TPSA) is 57.0 Å². The number of hydrogen-bond donors (Lipinski definition) is 2. The highest BCUT2D eigenvalue weighted by Gasteiger charge is 2.30. The second-order valence-electron chi connectivity index (χ2n) is 7.89. The van der Waals surface area contributed by atoms with Crippen molar-refractivity contribution in [2.75, 3.05) is 19.6 Å². The van der Waals surface area contributed by atoms with Crippen molar-refractivity contribution >= 4 is 35.6 Å². The standard InChI is InChI=1S/C21H32N6.HI/c1-3-22-21(25-17-11-12-26(14-17)19-8-4-5-9-19)23-13-18-15-27-16(2)7-6-10-20(27)24-18;/h6-7,10,15,17,19H,3-5,8-9,11-14H2,1-2H3,(H2,22,23,25);1H. The van der Waals surface area contributed by atoms with E-state index in [0.717, 1.165) is 36.4 Å². The number of nitrogens with zero attached hydrogens (tertiary/aromatic N) is 4. The minimum atomic E-state index is 0. The molecule has 154 valence electrons. The molecule has 2 N–H and O–H groups in total. The SMILES string of the molecule is CCNC(=NCc1cn2c(C)cccc2n1)NC1CCN(C2CCCC2)C1.I. The first-order valence-corrected chi connectivity index (χ1v) is 10.5. The van der Waals surface area contributed by atoms with Gasteiger partial charge in [0.05, 0.1) is 12.2 Å². The van der Waals surface area contributed by atoms with Crippen LogP contribution in [0, 0.1) is 6.92 Å². The number of pyridine rings is 1. The molecule has 3 heterocycles. The van der Waals surface area contributed by atoms with Gasteiger partial charge in [-0.3, -0.25) is 4.90 Å². The molecule has 1 saturated carbocycles. The zero-order valence-electron chi connectivity index (χ0n) is 17.0. The first-order valence-electron chi connectivity index (χ1n) is 10.5. The summed E-state index contributed by atoms with van der Waals surface area (Å²) in [7, 11) is 0. The molecule has 6 nitrogen and oxygen atoms in total. The molecule has 2 aliphatic rings. The lowest BCUT2D eigenvalue weighted by atomic mass is 10.2. The van der Waals surface area contributed by atoms with Gasteiger partial charge in [0, 0.05) is 43.6 Å². The summed E-state index contributed by atoms with van der Waals surface area (Å²) in [4.78, 5) is 12.2. The Morgan fingerprint density at radius 2 is 2.07 bits per heavy atom. The minimum absolute atomic E-state index is 0. The first kappa shape index (κ1) is 21.4. The molecule has 4 rings (SSSR count).